The number of ether oxygens (including phenoxy) is 1. The maximum absolute atomic E-state index is 12.0. The second kappa shape index (κ2) is 9.16. The van der Waals surface area contributed by atoms with E-state index in [0.29, 0.717) is 0 Å². The number of hydrogen-bond donors (Lipinski definition) is 1. The van der Waals surface area contributed by atoms with E-state index in [0.717, 1.165) is 10.5 Å². The minimum absolute atomic E-state index is 0.00489. The average molecular weight is 328 g/mol. The molecule has 1 aromatic rings. The molecule has 0 aliphatic heterocycles. The molecule has 0 spiro atoms. The van der Waals surface area contributed by atoms with Crippen molar-refractivity contribution in [2.75, 3.05) is 12.3 Å². The number of carbonyl (C=O) groups excluding carboxylic acids is 1. The first-order valence-electron chi connectivity index (χ1n) is 6.67. The number of hydrogen-bond acceptors (Lipinski definition) is 5. The Balaban J connectivity index is 2.62. The molecule has 1 rings (SSSR count). The average Bonchev–Trinajstić information content (AvgIpc) is 2.49. The second-order valence-corrected chi connectivity index (χ2v) is 5.62. The van der Waals surface area contributed by atoms with E-state index in [-0.39, 0.29) is 25.3 Å². The Hall–Kier alpha value is -1.93. The second-order valence-electron chi connectivity index (χ2n) is 4.61. The minimum atomic E-state index is -2.23. The summed E-state index contributed by atoms with van der Waals surface area (Å²) >= 11 is -2.23. The number of benzene rings is 1. The summed E-state index contributed by atoms with van der Waals surface area (Å²) in [6, 6.07) is 7.88. The zero-order valence-electron chi connectivity index (χ0n) is 12.1. The van der Waals surface area contributed by atoms with Crippen LogP contribution in [0.25, 0.3) is 0 Å². The molecule has 0 heterocycles. The molecule has 8 heteroatoms. The molecule has 2 atom stereocenters. The SMILES string of the molecule is C[C@@H](C(=O)O)N(CCCS(=O)[O-])C(=O)OCc1ccccc1. The lowest BCUT2D eigenvalue weighted by atomic mass is 10.2. The van der Waals surface area contributed by atoms with Gasteiger partial charge in [0, 0.05) is 12.3 Å². The van der Waals surface area contributed by atoms with Crippen LogP contribution in [0.15, 0.2) is 30.3 Å². The summed E-state index contributed by atoms with van der Waals surface area (Å²) in [5, 5.41) is 9.02. The molecule has 0 fully saturated rings. The van der Waals surface area contributed by atoms with Gasteiger partial charge in [0.15, 0.2) is 0 Å². The van der Waals surface area contributed by atoms with E-state index in [2.05, 4.69) is 0 Å². The molecule has 0 saturated heterocycles. The summed E-state index contributed by atoms with van der Waals surface area (Å²) in [5.41, 5.74) is 0.777. The van der Waals surface area contributed by atoms with Gasteiger partial charge >= 0.3 is 12.1 Å². The Morgan fingerprint density at radius 3 is 2.55 bits per heavy atom. The maximum atomic E-state index is 12.0. The lowest BCUT2D eigenvalue weighted by molar-refractivity contribution is -0.142. The molecule has 1 amide bonds. The molecule has 122 valence electrons. The van der Waals surface area contributed by atoms with Crippen LogP contribution >= 0.6 is 0 Å². The minimum Gasteiger partial charge on any atom is -0.772 e. The van der Waals surface area contributed by atoms with Crippen molar-refractivity contribution in [1.82, 2.24) is 4.90 Å². The van der Waals surface area contributed by atoms with Crippen LogP contribution < -0.4 is 0 Å². The van der Waals surface area contributed by atoms with Gasteiger partial charge in [-0.1, -0.05) is 41.4 Å². The van der Waals surface area contributed by atoms with Crippen LogP contribution in [0.5, 0.6) is 0 Å². The lowest BCUT2D eigenvalue weighted by Gasteiger charge is -2.26. The number of aliphatic carboxylic acids is 1. The highest BCUT2D eigenvalue weighted by atomic mass is 32.2. The van der Waals surface area contributed by atoms with E-state index in [1.54, 1.807) is 24.3 Å². The molecule has 0 radical (unpaired) electrons. The van der Waals surface area contributed by atoms with Crippen LogP contribution in [0.4, 0.5) is 4.79 Å². The molecule has 0 aromatic heterocycles. The predicted octanol–water partition coefficient (Wildman–Crippen LogP) is 1.37. The van der Waals surface area contributed by atoms with Gasteiger partial charge in [-0.15, -0.1) is 0 Å². The molecule has 0 aliphatic rings. The fourth-order valence-electron chi connectivity index (χ4n) is 1.73. The summed E-state index contributed by atoms with van der Waals surface area (Å²) in [5.74, 6) is -1.32. The summed E-state index contributed by atoms with van der Waals surface area (Å²) in [7, 11) is 0. The van der Waals surface area contributed by atoms with Gasteiger partial charge in [-0.2, -0.15) is 0 Å². The van der Waals surface area contributed by atoms with E-state index in [9.17, 15) is 18.4 Å². The largest absolute Gasteiger partial charge is 0.772 e. The van der Waals surface area contributed by atoms with Crippen molar-refractivity contribution in [1.29, 1.82) is 0 Å². The monoisotopic (exact) mass is 328 g/mol. The fraction of sp³-hybridized carbons (Fsp3) is 0.429. The molecule has 0 aliphatic carbocycles. The van der Waals surface area contributed by atoms with E-state index in [4.69, 9.17) is 9.84 Å². The van der Waals surface area contributed by atoms with Gasteiger partial charge in [0.25, 0.3) is 0 Å². The van der Waals surface area contributed by atoms with Gasteiger partial charge in [-0.05, 0) is 18.9 Å². The summed E-state index contributed by atoms with van der Waals surface area (Å²) in [4.78, 5) is 24.1. The highest BCUT2D eigenvalue weighted by molar-refractivity contribution is 7.79. The fourth-order valence-corrected chi connectivity index (χ4v) is 2.10. The third-order valence-electron chi connectivity index (χ3n) is 2.97. The van der Waals surface area contributed by atoms with Crippen LogP contribution in [-0.4, -0.2) is 49.2 Å². The number of carboxylic acid groups (broad SMARTS) is 1. The van der Waals surface area contributed by atoms with Crippen molar-refractivity contribution < 1.29 is 28.2 Å². The highest BCUT2D eigenvalue weighted by Gasteiger charge is 2.26. The van der Waals surface area contributed by atoms with E-state index in [1.165, 1.54) is 6.92 Å². The van der Waals surface area contributed by atoms with Crippen molar-refractivity contribution in [3.8, 4) is 0 Å². The van der Waals surface area contributed by atoms with Crippen LogP contribution in [0, 0.1) is 0 Å². The van der Waals surface area contributed by atoms with Crippen molar-refractivity contribution >= 4 is 23.1 Å². The topological polar surface area (TPSA) is 107 Å². The van der Waals surface area contributed by atoms with Gasteiger partial charge < -0.3 is 14.4 Å². The molecule has 1 aromatic carbocycles. The Kier molecular flexibility index (Phi) is 7.55. The predicted molar refractivity (Wildman–Crippen MR) is 78.8 cm³/mol. The third-order valence-corrected chi connectivity index (χ3v) is 3.60. The van der Waals surface area contributed by atoms with Crippen molar-refractivity contribution in [2.24, 2.45) is 0 Å². The van der Waals surface area contributed by atoms with Crippen molar-refractivity contribution in [3.05, 3.63) is 35.9 Å². The quantitative estimate of drug-likeness (QED) is 0.722. The van der Waals surface area contributed by atoms with Gasteiger partial charge in [0.2, 0.25) is 0 Å². The normalized spacial score (nSPS) is 13.2. The molecule has 1 unspecified atom stereocenters. The summed E-state index contributed by atoms with van der Waals surface area (Å²) in [6.07, 6.45) is -0.635. The van der Waals surface area contributed by atoms with Crippen LogP contribution in [0.2, 0.25) is 0 Å². The van der Waals surface area contributed by atoms with Gasteiger partial charge in [0.1, 0.15) is 12.6 Å². The van der Waals surface area contributed by atoms with Crippen LogP contribution in [-0.2, 0) is 27.2 Å². The van der Waals surface area contributed by atoms with E-state index < -0.39 is 29.2 Å². The van der Waals surface area contributed by atoms with Crippen LogP contribution in [0.1, 0.15) is 18.9 Å². The molecular weight excluding hydrogens is 310 g/mol. The molecule has 7 nitrogen and oxygen atoms in total. The molecule has 0 bridgehead atoms. The molecular formula is C14H18NO6S-. The molecule has 22 heavy (non-hydrogen) atoms. The lowest BCUT2D eigenvalue weighted by Crippen LogP contribution is -2.44. The van der Waals surface area contributed by atoms with Crippen molar-refractivity contribution in [3.63, 3.8) is 0 Å². The van der Waals surface area contributed by atoms with Crippen LogP contribution in [0.3, 0.4) is 0 Å². The maximum Gasteiger partial charge on any atom is 0.410 e. The zero-order chi connectivity index (χ0) is 16.5. The number of rotatable bonds is 8. The zero-order valence-corrected chi connectivity index (χ0v) is 13.0. The summed E-state index contributed by atoms with van der Waals surface area (Å²) < 4.78 is 26.1. The Morgan fingerprint density at radius 2 is 2.00 bits per heavy atom. The van der Waals surface area contributed by atoms with Gasteiger partial charge in [0.05, 0.1) is 0 Å². The highest BCUT2D eigenvalue weighted by Crippen LogP contribution is 2.08. The van der Waals surface area contributed by atoms with Gasteiger partial charge in [-0.3, -0.25) is 9.11 Å². The first-order valence-corrected chi connectivity index (χ1v) is 7.92. The molecule has 0 saturated carbocycles. The molecule has 1 N–H and O–H groups in total. The number of carbonyl (C=O) groups is 2. The first kappa shape index (κ1) is 18.1. The number of carboxylic acids is 1. The van der Waals surface area contributed by atoms with E-state index in [1.807, 2.05) is 6.07 Å². The number of nitrogens with zero attached hydrogens (tertiary/aromatic N) is 1. The smallest absolute Gasteiger partial charge is 0.410 e. The standard InChI is InChI=1S/C14H19NO6S/c1-11(13(16)17)15(8-5-9-22(19)20)14(18)21-10-12-6-3-2-4-7-12/h2-4,6-7,11H,5,8-10H2,1H3,(H,16,17)(H,19,20)/p-1/t11-/m0/s1. The Bertz CT molecular complexity index is 521. The van der Waals surface area contributed by atoms with Crippen molar-refractivity contribution in [2.45, 2.75) is 26.0 Å². The van der Waals surface area contributed by atoms with E-state index >= 15 is 0 Å². The summed E-state index contributed by atoms with van der Waals surface area (Å²) in [6.45, 7) is 1.37. The van der Waals surface area contributed by atoms with Gasteiger partial charge in [-0.25, -0.2) is 9.59 Å². The third kappa shape index (κ3) is 6.23. The number of amides is 1. The first-order chi connectivity index (χ1) is 10.4. The Morgan fingerprint density at radius 1 is 1.36 bits per heavy atom. The Labute approximate surface area is 131 Å².